The standard InChI is InChI=1S/C14H19NO4/c1-2-14(13(17)18,15-7-9-19-10-8-15)11-3-5-12(16)6-4-11/h3-6,16H,2,7-10H2,1H3,(H,17,18). The first kappa shape index (κ1) is 13.8. The summed E-state index contributed by atoms with van der Waals surface area (Å²) in [6, 6.07) is 6.43. The van der Waals surface area contributed by atoms with Gasteiger partial charge in [-0.25, -0.2) is 4.79 Å². The second kappa shape index (κ2) is 5.59. The lowest BCUT2D eigenvalue weighted by atomic mass is 9.85. The molecule has 1 aromatic rings. The molecule has 1 aliphatic rings. The first-order valence-electron chi connectivity index (χ1n) is 6.47. The number of hydrogen-bond acceptors (Lipinski definition) is 4. The summed E-state index contributed by atoms with van der Waals surface area (Å²) in [6.07, 6.45) is 0.465. The number of hydrogen-bond donors (Lipinski definition) is 2. The fourth-order valence-corrected chi connectivity index (χ4v) is 2.70. The Bertz CT molecular complexity index is 439. The van der Waals surface area contributed by atoms with Crippen molar-refractivity contribution >= 4 is 5.97 Å². The van der Waals surface area contributed by atoms with Gasteiger partial charge in [-0.05, 0) is 24.1 Å². The SMILES string of the molecule is CCC(C(=O)O)(c1ccc(O)cc1)N1CCOCC1. The molecule has 0 aliphatic carbocycles. The van der Waals surface area contributed by atoms with Crippen LogP contribution < -0.4 is 0 Å². The van der Waals surface area contributed by atoms with Crippen LogP contribution in [0.3, 0.4) is 0 Å². The highest BCUT2D eigenvalue weighted by Crippen LogP contribution is 2.34. The molecule has 0 bridgehead atoms. The van der Waals surface area contributed by atoms with Gasteiger partial charge in [0.25, 0.3) is 0 Å². The summed E-state index contributed by atoms with van der Waals surface area (Å²) in [6.45, 7) is 4.17. The number of phenolic OH excluding ortho intramolecular Hbond substituents is 1. The van der Waals surface area contributed by atoms with Crippen molar-refractivity contribution < 1.29 is 19.7 Å². The zero-order valence-electron chi connectivity index (χ0n) is 11.0. The molecule has 1 fully saturated rings. The number of rotatable bonds is 4. The molecule has 1 aromatic carbocycles. The van der Waals surface area contributed by atoms with Gasteiger partial charge in [0, 0.05) is 13.1 Å². The number of benzene rings is 1. The molecule has 1 saturated heterocycles. The Kier molecular flexibility index (Phi) is 4.07. The second-order valence-electron chi connectivity index (χ2n) is 4.67. The Labute approximate surface area is 112 Å². The number of ether oxygens (including phenoxy) is 1. The zero-order valence-corrected chi connectivity index (χ0v) is 11.0. The quantitative estimate of drug-likeness (QED) is 0.861. The van der Waals surface area contributed by atoms with Crippen molar-refractivity contribution in [3.05, 3.63) is 29.8 Å². The minimum atomic E-state index is -1.04. The Morgan fingerprint density at radius 2 is 1.89 bits per heavy atom. The molecule has 104 valence electrons. The molecule has 0 saturated carbocycles. The van der Waals surface area contributed by atoms with Crippen LogP contribution in [0.4, 0.5) is 0 Å². The predicted octanol–water partition coefficient (Wildman–Crippen LogP) is 1.41. The highest BCUT2D eigenvalue weighted by Gasteiger charge is 2.44. The Morgan fingerprint density at radius 3 is 2.37 bits per heavy atom. The molecule has 0 amide bonds. The molecule has 5 nitrogen and oxygen atoms in total. The van der Waals surface area contributed by atoms with Crippen molar-refractivity contribution in [2.24, 2.45) is 0 Å². The van der Waals surface area contributed by atoms with Crippen molar-refractivity contribution in [3.8, 4) is 5.75 Å². The van der Waals surface area contributed by atoms with E-state index in [4.69, 9.17) is 4.74 Å². The average Bonchev–Trinajstić information content (AvgIpc) is 2.43. The summed E-state index contributed by atoms with van der Waals surface area (Å²) >= 11 is 0. The Morgan fingerprint density at radius 1 is 1.32 bits per heavy atom. The number of carbonyl (C=O) groups is 1. The molecule has 0 aromatic heterocycles. The van der Waals surface area contributed by atoms with Gasteiger partial charge in [0.2, 0.25) is 0 Å². The smallest absolute Gasteiger partial charge is 0.328 e. The van der Waals surface area contributed by atoms with E-state index in [1.54, 1.807) is 12.1 Å². The highest BCUT2D eigenvalue weighted by molar-refractivity contribution is 5.81. The van der Waals surface area contributed by atoms with Crippen LogP contribution in [0.2, 0.25) is 0 Å². The fourth-order valence-electron chi connectivity index (χ4n) is 2.70. The van der Waals surface area contributed by atoms with Crippen LogP contribution in [-0.2, 0) is 15.1 Å². The molecular formula is C14H19NO4. The number of aromatic hydroxyl groups is 1. The van der Waals surface area contributed by atoms with E-state index in [9.17, 15) is 15.0 Å². The van der Waals surface area contributed by atoms with E-state index in [1.165, 1.54) is 12.1 Å². The normalized spacial score (nSPS) is 19.8. The van der Waals surface area contributed by atoms with Gasteiger partial charge in [0.05, 0.1) is 13.2 Å². The van der Waals surface area contributed by atoms with Crippen LogP contribution in [-0.4, -0.2) is 47.4 Å². The molecule has 2 N–H and O–H groups in total. The first-order valence-corrected chi connectivity index (χ1v) is 6.47. The van der Waals surface area contributed by atoms with Crippen molar-refractivity contribution in [2.75, 3.05) is 26.3 Å². The minimum absolute atomic E-state index is 0.140. The van der Waals surface area contributed by atoms with Gasteiger partial charge in [-0.3, -0.25) is 4.90 Å². The number of carboxylic acids is 1. The van der Waals surface area contributed by atoms with Crippen LogP contribution in [0.15, 0.2) is 24.3 Å². The summed E-state index contributed by atoms with van der Waals surface area (Å²) in [7, 11) is 0. The maximum absolute atomic E-state index is 11.9. The number of nitrogens with zero attached hydrogens (tertiary/aromatic N) is 1. The van der Waals surface area contributed by atoms with Gasteiger partial charge in [0.1, 0.15) is 11.3 Å². The molecule has 1 aliphatic heterocycles. The lowest BCUT2D eigenvalue weighted by Gasteiger charge is -2.42. The van der Waals surface area contributed by atoms with Gasteiger partial charge in [-0.1, -0.05) is 19.1 Å². The van der Waals surface area contributed by atoms with Crippen LogP contribution in [0.1, 0.15) is 18.9 Å². The second-order valence-corrected chi connectivity index (χ2v) is 4.67. The minimum Gasteiger partial charge on any atom is -0.508 e. The Balaban J connectivity index is 2.43. The van der Waals surface area contributed by atoms with Gasteiger partial charge in [-0.2, -0.15) is 0 Å². The molecule has 0 spiro atoms. The van der Waals surface area contributed by atoms with Crippen LogP contribution >= 0.6 is 0 Å². The third kappa shape index (κ3) is 2.43. The summed E-state index contributed by atoms with van der Waals surface area (Å²) in [5.74, 6) is -0.719. The van der Waals surface area contributed by atoms with E-state index in [0.29, 0.717) is 38.3 Å². The molecule has 19 heavy (non-hydrogen) atoms. The van der Waals surface area contributed by atoms with E-state index < -0.39 is 11.5 Å². The topological polar surface area (TPSA) is 70.0 Å². The van der Waals surface area contributed by atoms with E-state index in [-0.39, 0.29) is 5.75 Å². The maximum atomic E-state index is 11.9. The van der Waals surface area contributed by atoms with Crippen LogP contribution in [0, 0.1) is 0 Å². The summed E-state index contributed by atoms with van der Waals surface area (Å²) in [5, 5.41) is 19.1. The molecule has 1 heterocycles. The van der Waals surface area contributed by atoms with Gasteiger partial charge >= 0.3 is 5.97 Å². The van der Waals surface area contributed by atoms with E-state index in [1.807, 2.05) is 11.8 Å². The van der Waals surface area contributed by atoms with Crippen molar-refractivity contribution in [1.29, 1.82) is 0 Å². The third-order valence-corrected chi connectivity index (χ3v) is 3.76. The lowest BCUT2D eigenvalue weighted by Crippen LogP contribution is -2.55. The number of phenols is 1. The summed E-state index contributed by atoms with van der Waals surface area (Å²) in [5.41, 5.74) is -0.348. The molecule has 1 atom stereocenters. The van der Waals surface area contributed by atoms with E-state index in [2.05, 4.69) is 0 Å². The third-order valence-electron chi connectivity index (χ3n) is 3.76. The lowest BCUT2D eigenvalue weighted by molar-refractivity contribution is -0.156. The first-order chi connectivity index (χ1) is 9.11. The zero-order chi connectivity index (χ0) is 13.9. The number of morpholine rings is 1. The van der Waals surface area contributed by atoms with Crippen LogP contribution in [0.25, 0.3) is 0 Å². The van der Waals surface area contributed by atoms with Crippen molar-refractivity contribution in [2.45, 2.75) is 18.9 Å². The largest absolute Gasteiger partial charge is 0.508 e. The number of aliphatic carboxylic acids is 1. The predicted molar refractivity (Wildman–Crippen MR) is 70.1 cm³/mol. The maximum Gasteiger partial charge on any atom is 0.328 e. The summed E-state index contributed by atoms with van der Waals surface area (Å²) in [4.78, 5) is 13.8. The molecule has 5 heteroatoms. The van der Waals surface area contributed by atoms with E-state index in [0.717, 1.165) is 0 Å². The van der Waals surface area contributed by atoms with Gasteiger partial charge in [-0.15, -0.1) is 0 Å². The van der Waals surface area contributed by atoms with Crippen LogP contribution in [0.5, 0.6) is 5.75 Å². The van der Waals surface area contributed by atoms with Gasteiger partial charge < -0.3 is 14.9 Å². The average molecular weight is 265 g/mol. The highest BCUT2D eigenvalue weighted by atomic mass is 16.5. The van der Waals surface area contributed by atoms with E-state index >= 15 is 0 Å². The summed E-state index contributed by atoms with van der Waals surface area (Å²) < 4.78 is 5.30. The molecular weight excluding hydrogens is 246 g/mol. The number of carboxylic acid groups (broad SMARTS) is 1. The molecule has 2 rings (SSSR count). The Hall–Kier alpha value is -1.59. The monoisotopic (exact) mass is 265 g/mol. The molecule has 1 unspecified atom stereocenters. The van der Waals surface area contributed by atoms with Crippen molar-refractivity contribution in [1.82, 2.24) is 4.90 Å². The molecule has 0 radical (unpaired) electrons. The fraction of sp³-hybridized carbons (Fsp3) is 0.500. The van der Waals surface area contributed by atoms with Gasteiger partial charge in [0.15, 0.2) is 0 Å². The van der Waals surface area contributed by atoms with Crippen molar-refractivity contribution in [3.63, 3.8) is 0 Å².